The van der Waals surface area contributed by atoms with Crippen molar-refractivity contribution in [3.05, 3.63) is 56.0 Å². The molecule has 2 aromatic carbocycles. The molecular formula is C14H8Cl4O. The molecule has 0 aromatic heterocycles. The minimum Gasteiger partial charge on any atom is -0.303 e. The van der Waals surface area contributed by atoms with Crippen LogP contribution in [0.2, 0.25) is 20.1 Å². The number of halogens is 4. The van der Waals surface area contributed by atoms with Crippen molar-refractivity contribution in [1.82, 2.24) is 0 Å². The van der Waals surface area contributed by atoms with E-state index < -0.39 is 0 Å². The molecule has 2 aromatic rings. The number of rotatable bonds is 3. The van der Waals surface area contributed by atoms with Gasteiger partial charge in [-0.3, -0.25) is 0 Å². The second kappa shape index (κ2) is 6.15. The van der Waals surface area contributed by atoms with E-state index in [1.54, 1.807) is 30.3 Å². The van der Waals surface area contributed by atoms with E-state index in [0.29, 0.717) is 25.7 Å². The molecule has 0 unspecified atom stereocenters. The Morgan fingerprint density at radius 3 is 2.26 bits per heavy atom. The van der Waals surface area contributed by atoms with E-state index in [4.69, 9.17) is 46.4 Å². The monoisotopic (exact) mass is 332 g/mol. The number of benzene rings is 2. The largest absolute Gasteiger partial charge is 0.303 e. The summed E-state index contributed by atoms with van der Waals surface area (Å²) in [5, 5.41) is 1.78. The molecule has 0 atom stereocenters. The molecule has 2 rings (SSSR count). The smallest absolute Gasteiger partial charge is 0.124 e. The van der Waals surface area contributed by atoms with Crippen LogP contribution in [0.3, 0.4) is 0 Å². The predicted molar refractivity (Wildman–Crippen MR) is 81.7 cm³/mol. The number of carbonyl (C=O) groups is 1. The zero-order valence-electron chi connectivity index (χ0n) is 9.59. The Morgan fingerprint density at radius 2 is 1.58 bits per heavy atom. The lowest BCUT2D eigenvalue weighted by Crippen LogP contribution is -1.92. The third-order valence-corrected chi connectivity index (χ3v) is 3.91. The van der Waals surface area contributed by atoms with Crippen LogP contribution in [-0.2, 0) is 11.2 Å². The summed E-state index contributed by atoms with van der Waals surface area (Å²) in [5.41, 5.74) is 2.24. The maximum atomic E-state index is 10.7. The average Bonchev–Trinajstić information content (AvgIpc) is 2.36. The Balaban J connectivity index is 2.70. The number of hydrogen-bond acceptors (Lipinski definition) is 1. The number of aldehydes is 1. The molecule has 98 valence electrons. The van der Waals surface area contributed by atoms with Crippen LogP contribution in [0.15, 0.2) is 30.3 Å². The van der Waals surface area contributed by atoms with Crippen LogP contribution < -0.4 is 0 Å². The lowest BCUT2D eigenvalue weighted by molar-refractivity contribution is -0.107. The highest BCUT2D eigenvalue weighted by atomic mass is 35.5. The highest BCUT2D eigenvalue weighted by molar-refractivity contribution is 6.45. The van der Waals surface area contributed by atoms with E-state index in [0.717, 1.165) is 17.4 Å². The van der Waals surface area contributed by atoms with Crippen LogP contribution in [-0.4, -0.2) is 6.29 Å². The summed E-state index contributed by atoms with van der Waals surface area (Å²) >= 11 is 24.2. The highest BCUT2D eigenvalue weighted by Crippen LogP contribution is 2.38. The number of hydrogen-bond donors (Lipinski definition) is 0. The molecule has 0 amide bonds. The molecule has 0 aliphatic heterocycles. The van der Waals surface area contributed by atoms with E-state index in [1.165, 1.54) is 0 Å². The third kappa shape index (κ3) is 3.24. The molecule has 0 aliphatic carbocycles. The van der Waals surface area contributed by atoms with Gasteiger partial charge in [0, 0.05) is 22.0 Å². The van der Waals surface area contributed by atoms with Gasteiger partial charge in [-0.15, -0.1) is 0 Å². The standard InChI is InChI=1S/C14H8Cl4O/c15-9-2-1-8(3-4-19)11(5-9)12-6-10(16)7-13(17)14(12)18/h1-2,4-7H,3H2. The molecule has 0 aliphatic rings. The molecule has 0 fully saturated rings. The fourth-order valence-corrected chi connectivity index (χ4v) is 2.70. The summed E-state index contributed by atoms with van der Waals surface area (Å²) in [6.07, 6.45) is 1.10. The summed E-state index contributed by atoms with van der Waals surface area (Å²) in [5.74, 6) is 0. The molecule has 0 spiro atoms. The molecular weight excluding hydrogens is 326 g/mol. The molecule has 0 saturated heterocycles. The van der Waals surface area contributed by atoms with Crippen LogP contribution in [0.25, 0.3) is 11.1 Å². The van der Waals surface area contributed by atoms with Gasteiger partial charge >= 0.3 is 0 Å². The van der Waals surface area contributed by atoms with Crippen molar-refractivity contribution in [1.29, 1.82) is 0 Å². The maximum absolute atomic E-state index is 10.7. The first-order valence-electron chi connectivity index (χ1n) is 5.40. The van der Waals surface area contributed by atoms with Crippen molar-refractivity contribution >= 4 is 52.7 Å². The molecule has 0 saturated carbocycles. The first-order valence-corrected chi connectivity index (χ1v) is 6.91. The van der Waals surface area contributed by atoms with Gasteiger partial charge < -0.3 is 4.79 Å². The van der Waals surface area contributed by atoms with Gasteiger partial charge in [-0.25, -0.2) is 0 Å². The first-order chi connectivity index (χ1) is 9.02. The van der Waals surface area contributed by atoms with Crippen molar-refractivity contribution in [3.8, 4) is 11.1 Å². The Kier molecular flexibility index (Phi) is 4.75. The van der Waals surface area contributed by atoms with E-state index in [9.17, 15) is 4.79 Å². The Labute approximate surface area is 131 Å². The average molecular weight is 334 g/mol. The van der Waals surface area contributed by atoms with E-state index in [-0.39, 0.29) is 6.42 Å². The summed E-state index contributed by atoms with van der Waals surface area (Å²) in [6, 6.07) is 8.53. The van der Waals surface area contributed by atoms with Gasteiger partial charge in [-0.1, -0.05) is 52.5 Å². The topological polar surface area (TPSA) is 17.1 Å². The summed E-state index contributed by atoms with van der Waals surface area (Å²) in [4.78, 5) is 10.7. The fraction of sp³-hybridized carbons (Fsp3) is 0.0714. The molecule has 0 heterocycles. The molecule has 0 N–H and O–H groups in total. The second-order valence-electron chi connectivity index (χ2n) is 3.92. The Hall–Kier alpha value is -0.730. The molecule has 0 bridgehead atoms. The third-order valence-electron chi connectivity index (χ3n) is 2.66. The summed E-state index contributed by atoms with van der Waals surface area (Å²) in [6.45, 7) is 0. The van der Waals surface area contributed by atoms with Crippen molar-refractivity contribution in [2.45, 2.75) is 6.42 Å². The van der Waals surface area contributed by atoms with E-state index in [2.05, 4.69) is 0 Å². The van der Waals surface area contributed by atoms with Gasteiger partial charge in [0.05, 0.1) is 10.0 Å². The van der Waals surface area contributed by atoms with Gasteiger partial charge in [-0.2, -0.15) is 0 Å². The van der Waals surface area contributed by atoms with E-state index in [1.807, 2.05) is 0 Å². The summed E-state index contributed by atoms with van der Waals surface area (Å²) < 4.78 is 0. The first kappa shape index (κ1) is 14.7. The van der Waals surface area contributed by atoms with Crippen molar-refractivity contribution in [2.24, 2.45) is 0 Å². The quantitative estimate of drug-likeness (QED) is 0.519. The molecule has 0 radical (unpaired) electrons. The van der Waals surface area contributed by atoms with Crippen LogP contribution in [0, 0.1) is 0 Å². The zero-order valence-corrected chi connectivity index (χ0v) is 12.6. The second-order valence-corrected chi connectivity index (χ2v) is 5.58. The Morgan fingerprint density at radius 1 is 0.895 bits per heavy atom. The summed E-state index contributed by atoms with van der Waals surface area (Å²) in [7, 11) is 0. The minimum atomic E-state index is 0.271. The van der Waals surface area contributed by atoms with Crippen molar-refractivity contribution < 1.29 is 4.79 Å². The van der Waals surface area contributed by atoms with Crippen LogP contribution >= 0.6 is 46.4 Å². The normalized spacial score (nSPS) is 10.5. The van der Waals surface area contributed by atoms with Crippen LogP contribution in [0.1, 0.15) is 5.56 Å². The molecule has 5 heteroatoms. The van der Waals surface area contributed by atoms with Gasteiger partial charge in [0.15, 0.2) is 0 Å². The highest BCUT2D eigenvalue weighted by Gasteiger charge is 2.13. The minimum absolute atomic E-state index is 0.271. The maximum Gasteiger partial charge on any atom is 0.124 e. The van der Waals surface area contributed by atoms with E-state index >= 15 is 0 Å². The Bertz CT molecular complexity index is 638. The van der Waals surface area contributed by atoms with Crippen LogP contribution in [0.4, 0.5) is 0 Å². The lowest BCUT2D eigenvalue weighted by Gasteiger charge is -2.11. The van der Waals surface area contributed by atoms with Crippen LogP contribution in [0.5, 0.6) is 0 Å². The lowest BCUT2D eigenvalue weighted by atomic mass is 9.98. The van der Waals surface area contributed by atoms with Gasteiger partial charge in [0.25, 0.3) is 0 Å². The zero-order chi connectivity index (χ0) is 14.0. The van der Waals surface area contributed by atoms with Gasteiger partial charge in [0.2, 0.25) is 0 Å². The molecule has 1 nitrogen and oxygen atoms in total. The van der Waals surface area contributed by atoms with Crippen molar-refractivity contribution in [2.75, 3.05) is 0 Å². The van der Waals surface area contributed by atoms with Gasteiger partial charge in [0.1, 0.15) is 6.29 Å². The van der Waals surface area contributed by atoms with Crippen molar-refractivity contribution in [3.63, 3.8) is 0 Å². The number of carbonyl (C=O) groups excluding carboxylic acids is 1. The predicted octanol–water partition coefficient (Wildman–Crippen LogP) is 5.71. The SMILES string of the molecule is O=CCc1ccc(Cl)cc1-c1cc(Cl)cc(Cl)c1Cl. The fourth-order valence-electron chi connectivity index (χ4n) is 1.82. The van der Waals surface area contributed by atoms with Gasteiger partial charge in [-0.05, 0) is 35.4 Å². The molecule has 19 heavy (non-hydrogen) atoms.